The van der Waals surface area contributed by atoms with Crippen LogP contribution in [0.25, 0.3) is 0 Å². The van der Waals surface area contributed by atoms with Gasteiger partial charge in [0.1, 0.15) is 0 Å². The van der Waals surface area contributed by atoms with Crippen LogP contribution in [0, 0.1) is 0 Å². The molecular weight excluding hydrogens is 314 g/mol. The van der Waals surface area contributed by atoms with Gasteiger partial charge in [-0.3, -0.25) is 4.79 Å². The smallest absolute Gasteiger partial charge is 0.261 e. The maximum absolute atomic E-state index is 12.2. The standard InChI is InChI=1S/C14H20ClNO4S/c1-5-14(2,3)16-13(17)10-6-7-11(9-20-4)12(8-10)21(15,18)19/h6-8H,5,9H2,1-4H3,(H,16,17). The van der Waals surface area contributed by atoms with Crippen molar-refractivity contribution in [1.82, 2.24) is 5.32 Å². The van der Waals surface area contributed by atoms with Crippen LogP contribution in [0.2, 0.25) is 0 Å². The third kappa shape index (κ3) is 4.98. The molecule has 21 heavy (non-hydrogen) atoms. The van der Waals surface area contributed by atoms with Crippen LogP contribution in [0.5, 0.6) is 0 Å². The number of hydrogen-bond donors (Lipinski definition) is 1. The summed E-state index contributed by atoms with van der Waals surface area (Å²) in [6, 6.07) is 4.37. The first-order chi connectivity index (χ1) is 9.60. The first kappa shape index (κ1) is 17.9. The molecule has 0 radical (unpaired) electrons. The number of hydrogen-bond acceptors (Lipinski definition) is 4. The molecule has 0 fully saturated rings. The zero-order valence-corrected chi connectivity index (χ0v) is 14.1. The molecule has 0 spiro atoms. The van der Waals surface area contributed by atoms with Crippen LogP contribution in [0.1, 0.15) is 43.1 Å². The summed E-state index contributed by atoms with van der Waals surface area (Å²) in [6.07, 6.45) is 0.751. The van der Waals surface area contributed by atoms with Gasteiger partial charge >= 0.3 is 0 Å². The molecule has 7 heteroatoms. The summed E-state index contributed by atoms with van der Waals surface area (Å²) in [7, 11) is 2.93. The van der Waals surface area contributed by atoms with E-state index in [4.69, 9.17) is 15.4 Å². The van der Waals surface area contributed by atoms with Crippen molar-refractivity contribution in [2.24, 2.45) is 0 Å². The third-order valence-electron chi connectivity index (χ3n) is 3.23. The van der Waals surface area contributed by atoms with Gasteiger partial charge in [0.15, 0.2) is 0 Å². The predicted octanol–water partition coefficient (Wildman–Crippen LogP) is 2.68. The Morgan fingerprint density at radius 2 is 2.00 bits per heavy atom. The summed E-state index contributed by atoms with van der Waals surface area (Å²) < 4.78 is 28.2. The van der Waals surface area contributed by atoms with Crippen molar-refractivity contribution in [3.05, 3.63) is 29.3 Å². The van der Waals surface area contributed by atoms with Gasteiger partial charge in [-0.2, -0.15) is 0 Å². The van der Waals surface area contributed by atoms with Gasteiger partial charge in [-0.15, -0.1) is 0 Å². The second kappa shape index (κ2) is 6.77. The minimum absolute atomic E-state index is 0.101. The molecule has 1 amide bonds. The molecule has 0 aliphatic rings. The fraction of sp³-hybridized carbons (Fsp3) is 0.500. The molecule has 1 N–H and O–H groups in total. The summed E-state index contributed by atoms with van der Waals surface area (Å²) in [6.45, 7) is 5.84. The van der Waals surface area contributed by atoms with Gasteiger partial charge in [0.05, 0.1) is 11.5 Å². The Hall–Kier alpha value is -1.11. The van der Waals surface area contributed by atoms with Gasteiger partial charge in [0.25, 0.3) is 15.0 Å². The zero-order valence-electron chi connectivity index (χ0n) is 12.6. The van der Waals surface area contributed by atoms with Crippen LogP contribution in [-0.2, 0) is 20.4 Å². The molecule has 0 bridgehead atoms. The van der Waals surface area contributed by atoms with E-state index in [9.17, 15) is 13.2 Å². The van der Waals surface area contributed by atoms with Gasteiger partial charge in [-0.25, -0.2) is 8.42 Å². The molecule has 0 saturated heterocycles. The van der Waals surface area contributed by atoms with Crippen LogP contribution in [0.15, 0.2) is 23.1 Å². The molecule has 0 aromatic heterocycles. The SMILES string of the molecule is CCC(C)(C)NC(=O)c1ccc(COC)c(S(=O)(=O)Cl)c1. The Bertz CT molecular complexity index is 626. The molecule has 0 aliphatic heterocycles. The first-order valence-electron chi connectivity index (χ1n) is 6.50. The Balaban J connectivity index is 3.20. The predicted molar refractivity (Wildman–Crippen MR) is 82.0 cm³/mol. The Morgan fingerprint density at radius 1 is 1.38 bits per heavy atom. The lowest BCUT2D eigenvalue weighted by atomic mass is 10.0. The lowest BCUT2D eigenvalue weighted by molar-refractivity contribution is 0.0911. The second-order valence-corrected chi connectivity index (χ2v) is 7.92. The van der Waals surface area contributed by atoms with Gasteiger partial charge in [-0.05, 0) is 38.0 Å². The highest BCUT2D eigenvalue weighted by Gasteiger charge is 2.22. The fourth-order valence-corrected chi connectivity index (χ4v) is 2.80. The number of carbonyl (C=O) groups excluding carboxylic acids is 1. The van der Waals surface area contributed by atoms with E-state index in [1.54, 1.807) is 6.07 Å². The van der Waals surface area contributed by atoms with Crippen molar-refractivity contribution in [2.75, 3.05) is 7.11 Å². The highest BCUT2D eigenvalue weighted by atomic mass is 35.7. The normalized spacial score (nSPS) is 12.2. The van der Waals surface area contributed by atoms with E-state index in [2.05, 4.69) is 5.32 Å². The van der Waals surface area contributed by atoms with Crippen molar-refractivity contribution in [1.29, 1.82) is 0 Å². The van der Waals surface area contributed by atoms with Crippen LogP contribution >= 0.6 is 10.7 Å². The van der Waals surface area contributed by atoms with Gasteiger partial charge < -0.3 is 10.1 Å². The van der Waals surface area contributed by atoms with Crippen molar-refractivity contribution in [3.8, 4) is 0 Å². The first-order valence-corrected chi connectivity index (χ1v) is 8.80. The zero-order chi connectivity index (χ0) is 16.3. The number of ether oxygens (including phenoxy) is 1. The molecule has 118 valence electrons. The average Bonchev–Trinajstić information content (AvgIpc) is 2.37. The highest BCUT2D eigenvalue weighted by molar-refractivity contribution is 8.13. The van der Waals surface area contributed by atoms with E-state index in [-0.39, 0.29) is 28.5 Å². The van der Waals surface area contributed by atoms with Crippen molar-refractivity contribution in [3.63, 3.8) is 0 Å². The highest BCUT2D eigenvalue weighted by Crippen LogP contribution is 2.23. The minimum atomic E-state index is -3.95. The Morgan fingerprint density at radius 3 is 2.48 bits per heavy atom. The number of rotatable bonds is 6. The number of halogens is 1. The number of amides is 1. The molecule has 0 atom stereocenters. The largest absolute Gasteiger partial charge is 0.380 e. The van der Waals surface area contributed by atoms with E-state index in [0.29, 0.717) is 5.56 Å². The quantitative estimate of drug-likeness (QED) is 0.812. The molecule has 1 aromatic rings. The Labute approximate surface area is 130 Å². The van der Waals surface area contributed by atoms with Crippen molar-refractivity contribution >= 4 is 25.6 Å². The van der Waals surface area contributed by atoms with Gasteiger partial charge in [0, 0.05) is 28.9 Å². The number of methoxy groups -OCH3 is 1. The molecular formula is C14H20ClNO4S. The van der Waals surface area contributed by atoms with E-state index in [1.165, 1.54) is 19.2 Å². The average molecular weight is 334 g/mol. The number of nitrogens with one attached hydrogen (secondary N) is 1. The molecule has 0 aliphatic carbocycles. The third-order valence-corrected chi connectivity index (χ3v) is 4.63. The maximum Gasteiger partial charge on any atom is 0.261 e. The summed E-state index contributed by atoms with van der Waals surface area (Å²) in [5.74, 6) is -0.340. The second-order valence-electron chi connectivity index (χ2n) is 5.38. The van der Waals surface area contributed by atoms with Crippen molar-refractivity contribution in [2.45, 2.75) is 44.2 Å². The summed E-state index contributed by atoms with van der Waals surface area (Å²) in [5, 5.41) is 2.84. The van der Waals surface area contributed by atoms with E-state index in [1.807, 2.05) is 20.8 Å². The number of carbonyl (C=O) groups is 1. The molecule has 1 rings (SSSR count). The Kier molecular flexibility index (Phi) is 5.78. The van der Waals surface area contributed by atoms with Crippen LogP contribution in [0.3, 0.4) is 0 Å². The van der Waals surface area contributed by atoms with E-state index < -0.39 is 9.05 Å². The molecule has 0 heterocycles. The summed E-state index contributed by atoms with van der Waals surface area (Å²) >= 11 is 0. The van der Waals surface area contributed by atoms with Gasteiger partial charge in [0.2, 0.25) is 0 Å². The van der Waals surface area contributed by atoms with Crippen LogP contribution < -0.4 is 5.32 Å². The maximum atomic E-state index is 12.2. The lowest BCUT2D eigenvalue weighted by Crippen LogP contribution is -2.42. The van der Waals surface area contributed by atoms with Crippen LogP contribution in [-0.4, -0.2) is 27.0 Å². The fourth-order valence-electron chi connectivity index (χ4n) is 1.67. The monoisotopic (exact) mass is 333 g/mol. The lowest BCUT2D eigenvalue weighted by Gasteiger charge is -2.24. The topological polar surface area (TPSA) is 72.5 Å². The molecule has 1 aromatic carbocycles. The summed E-state index contributed by atoms with van der Waals surface area (Å²) in [4.78, 5) is 12.1. The molecule has 0 saturated carbocycles. The van der Waals surface area contributed by atoms with E-state index in [0.717, 1.165) is 6.42 Å². The van der Waals surface area contributed by atoms with E-state index >= 15 is 0 Å². The van der Waals surface area contributed by atoms with Crippen LogP contribution in [0.4, 0.5) is 0 Å². The molecule has 0 unspecified atom stereocenters. The molecule has 5 nitrogen and oxygen atoms in total. The number of benzene rings is 1. The van der Waals surface area contributed by atoms with Gasteiger partial charge in [-0.1, -0.05) is 13.0 Å². The van der Waals surface area contributed by atoms with Crippen molar-refractivity contribution < 1.29 is 17.9 Å². The minimum Gasteiger partial charge on any atom is -0.380 e. The summed E-state index contributed by atoms with van der Waals surface area (Å²) in [5.41, 5.74) is 0.289.